The second kappa shape index (κ2) is 5.09. The van der Waals surface area contributed by atoms with Gasteiger partial charge in [-0.2, -0.15) is 5.10 Å². The number of aromatic nitrogens is 3. The molecule has 104 valence electrons. The van der Waals surface area contributed by atoms with Crippen molar-refractivity contribution in [1.82, 2.24) is 14.8 Å². The summed E-state index contributed by atoms with van der Waals surface area (Å²) in [5.74, 6) is 0. The van der Waals surface area contributed by atoms with E-state index in [0.29, 0.717) is 6.10 Å². The zero-order valence-corrected chi connectivity index (χ0v) is 12.5. The van der Waals surface area contributed by atoms with Gasteiger partial charge in [0.05, 0.1) is 16.5 Å². The predicted molar refractivity (Wildman–Crippen MR) is 78.0 cm³/mol. The lowest BCUT2D eigenvalue weighted by atomic mass is 10.1. The topological polar surface area (TPSA) is 43.2 Å². The van der Waals surface area contributed by atoms with Crippen molar-refractivity contribution in [3.63, 3.8) is 0 Å². The second-order valence-electron chi connectivity index (χ2n) is 5.23. The van der Waals surface area contributed by atoms with Crippen LogP contribution in [0.25, 0.3) is 10.3 Å². The molecule has 0 aromatic carbocycles. The highest BCUT2D eigenvalue weighted by atomic mass is 32.1. The first kappa shape index (κ1) is 12.9. The lowest BCUT2D eigenvalue weighted by Crippen LogP contribution is -2.33. The quantitative estimate of drug-likeness (QED) is 0.865. The summed E-state index contributed by atoms with van der Waals surface area (Å²) >= 11 is 1.72. The summed E-state index contributed by atoms with van der Waals surface area (Å²) in [6.45, 7) is 3.86. The van der Waals surface area contributed by atoms with E-state index in [1.165, 1.54) is 17.5 Å². The van der Waals surface area contributed by atoms with Gasteiger partial charge in [0.1, 0.15) is 0 Å². The molecule has 1 aliphatic rings. The minimum atomic E-state index is 0.352. The summed E-state index contributed by atoms with van der Waals surface area (Å²) in [7, 11) is 4.04. The minimum absolute atomic E-state index is 0.352. The van der Waals surface area contributed by atoms with E-state index >= 15 is 0 Å². The third kappa shape index (κ3) is 2.47. The number of aryl methyl sites for hydroxylation is 2. The summed E-state index contributed by atoms with van der Waals surface area (Å²) < 4.78 is 8.84. The van der Waals surface area contributed by atoms with Crippen LogP contribution in [0.5, 0.6) is 0 Å². The van der Waals surface area contributed by atoms with E-state index < -0.39 is 0 Å². The summed E-state index contributed by atoms with van der Waals surface area (Å²) in [6.07, 6.45) is 3.99. The molecule has 1 saturated heterocycles. The number of thiazole rings is 1. The number of ether oxygens (including phenoxy) is 1. The molecular weight excluding hydrogens is 260 g/mol. The third-order valence-corrected chi connectivity index (χ3v) is 4.88. The van der Waals surface area contributed by atoms with Gasteiger partial charge in [-0.3, -0.25) is 0 Å². The molecule has 19 heavy (non-hydrogen) atoms. The Kier molecular flexibility index (Phi) is 3.45. The highest BCUT2D eigenvalue weighted by molar-refractivity contribution is 7.22. The fourth-order valence-corrected chi connectivity index (χ4v) is 3.57. The standard InChI is InChI=1S/C13H20N4OS/c1-9-11-12(17(3)15-9)14-13(19-11)16(2)8-10-6-4-5-7-18-10/h10H,4-8H2,1-3H3/t10-/m1/s1. The van der Waals surface area contributed by atoms with E-state index in [1.54, 1.807) is 11.3 Å². The Morgan fingerprint density at radius 3 is 3.00 bits per heavy atom. The van der Waals surface area contributed by atoms with Crippen LogP contribution in [0.15, 0.2) is 0 Å². The van der Waals surface area contributed by atoms with Gasteiger partial charge in [-0.15, -0.1) is 0 Å². The zero-order chi connectivity index (χ0) is 13.4. The third-order valence-electron chi connectivity index (χ3n) is 3.61. The molecule has 0 radical (unpaired) electrons. The number of hydrogen-bond acceptors (Lipinski definition) is 5. The molecule has 1 aliphatic heterocycles. The minimum Gasteiger partial charge on any atom is -0.376 e. The summed E-state index contributed by atoms with van der Waals surface area (Å²) in [5, 5.41) is 5.44. The molecule has 3 heterocycles. The van der Waals surface area contributed by atoms with Gasteiger partial charge in [-0.05, 0) is 26.2 Å². The molecule has 0 bridgehead atoms. The van der Waals surface area contributed by atoms with E-state index in [0.717, 1.165) is 36.0 Å². The molecule has 5 nitrogen and oxygen atoms in total. The number of likely N-dealkylation sites (N-methyl/N-ethyl adjacent to an activating group) is 1. The maximum atomic E-state index is 5.79. The van der Waals surface area contributed by atoms with Gasteiger partial charge in [0.25, 0.3) is 0 Å². The molecule has 0 amide bonds. The van der Waals surface area contributed by atoms with Crippen molar-refractivity contribution in [3.05, 3.63) is 5.69 Å². The second-order valence-corrected chi connectivity index (χ2v) is 6.20. The van der Waals surface area contributed by atoms with Gasteiger partial charge in [0.2, 0.25) is 0 Å². The lowest BCUT2D eigenvalue weighted by Gasteiger charge is -2.27. The van der Waals surface area contributed by atoms with Crippen molar-refractivity contribution in [3.8, 4) is 0 Å². The molecule has 0 N–H and O–H groups in total. The average molecular weight is 280 g/mol. The maximum absolute atomic E-state index is 5.79. The Balaban J connectivity index is 1.77. The molecule has 2 aromatic rings. The monoisotopic (exact) mass is 280 g/mol. The van der Waals surface area contributed by atoms with Crippen LogP contribution in [0.2, 0.25) is 0 Å². The first-order valence-electron chi connectivity index (χ1n) is 6.78. The maximum Gasteiger partial charge on any atom is 0.187 e. The first-order chi connectivity index (χ1) is 9.15. The number of fused-ring (bicyclic) bond motifs is 1. The molecule has 3 rings (SSSR count). The van der Waals surface area contributed by atoms with Gasteiger partial charge in [0.15, 0.2) is 10.8 Å². The van der Waals surface area contributed by atoms with Crippen LogP contribution in [0.3, 0.4) is 0 Å². The lowest BCUT2D eigenvalue weighted by molar-refractivity contribution is 0.0216. The summed E-state index contributed by atoms with van der Waals surface area (Å²) in [4.78, 5) is 6.90. The van der Waals surface area contributed by atoms with Crippen LogP contribution < -0.4 is 4.90 Å². The van der Waals surface area contributed by atoms with Crippen molar-refractivity contribution in [1.29, 1.82) is 0 Å². The van der Waals surface area contributed by atoms with Gasteiger partial charge in [-0.25, -0.2) is 9.67 Å². The molecule has 0 spiro atoms. The fourth-order valence-electron chi connectivity index (χ4n) is 2.57. The summed E-state index contributed by atoms with van der Waals surface area (Å²) in [5.41, 5.74) is 2.04. The van der Waals surface area contributed by atoms with Gasteiger partial charge >= 0.3 is 0 Å². The van der Waals surface area contributed by atoms with Crippen molar-refractivity contribution < 1.29 is 4.74 Å². The molecule has 1 fully saturated rings. The molecule has 0 aliphatic carbocycles. The van der Waals surface area contributed by atoms with E-state index in [9.17, 15) is 0 Å². The molecular formula is C13H20N4OS. The van der Waals surface area contributed by atoms with E-state index in [2.05, 4.69) is 22.0 Å². The van der Waals surface area contributed by atoms with Crippen molar-refractivity contribution in [2.24, 2.45) is 7.05 Å². The number of hydrogen-bond donors (Lipinski definition) is 0. The molecule has 0 unspecified atom stereocenters. The van der Waals surface area contributed by atoms with E-state index in [4.69, 9.17) is 4.74 Å². The van der Waals surface area contributed by atoms with Crippen LogP contribution >= 0.6 is 11.3 Å². The van der Waals surface area contributed by atoms with Crippen molar-refractivity contribution in [2.45, 2.75) is 32.3 Å². The van der Waals surface area contributed by atoms with Gasteiger partial charge < -0.3 is 9.64 Å². The Bertz CT molecular complexity index is 536. The van der Waals surface area contributed by atoms with Crippen LogP contribution in [0.4, 0.5) is 5.13 Å². The van der Waals surface area contributed by atoms with E-state index in [1.807, 2.05) is 18.7 Å². The zero-order valence-electron chi connectivity index (χ0n) is 11.7. The Labute approximate surface area is 117 Å². The Morgan fingerprint density at radius 2 is 2.32 bits per heavy atom. The van der Waals surface area contributed by atoms with E-state index in [-0.39, 0.29) is 0 Å². The van der Waals surface area contributed by atoms with Crippen molar-refractivity contribution in [2.75, 3.05) is 25.1 Å². The van der Waals surface area contributed by atoms with Crippen molar-refractivity contribution >= 4 is 26.8 Å². The molecule has 2 aromatic heterocycles. The number of rotatable bonds is 3. The highest BCUT2D eigenvalue weighted by Gasteiger charge is 2.19. The number of anilines is 1. The SMILES string of the molecule is Cc1nn(C)c2nc(N(C)C[C@H]3CCCCO3)sc12. The number of nitrogens with zero attached hydrogens (tertiary/aromatic N) is 4. The average Bonchev–Trinajstić information content (AvgIpc) is 2.94. The van der Waals surface area contributed by atoms with Gasteiger partial charge in [0, 0.05) is 27.2 Å². The predicted octanol–water partition coefficient (Wildman–Crippen LogP) is 2.34. The van der Waals surface area contributed by atoms with Crippen LogP contribution in [-0.2, 0) is 11.8 Å². The van der Waals surface area contributed by atoms with Crippen LogP contribution in [-0.4, -0.2) is 41.1 Å². The van der Waals surface area contributed by atoms with Gasteiger partial charge in [-0.1, -0.05) is 11.3 Å². The largest absolute Gasteiger partial charge is 0.376 e. The highest BCUT2D eigenvalue weighted by Crippen LogP contribution is 2.30. The van der Waals surface area contributed by atoms with Crippen LogP contribution in [0, 0.1) is 6.92 Å². The Morgan fingerprint density at radius 1 is 1.47 bits per heavy atom. The molecule has 0 saturated carbocycles. The van der Waals surface area contributed by atoms with Crippen LogP contribution in [0.1, 0.15) is 25.0 Å². The summed E-state index contributed by atoms with van der Waals surface area (Å²) in [6, 6.07) is 0. The normalized spacial score (nSPS) is 20.1. The fraction of sp³-hybridized carbons (Fsp3) is 0.692. The Hall–Kier alpha value is -1.14. The smallest absolute Gasteiger partial charge is 0.187 e. The molecule has 1 atom stereocenters. The molecule has 6 heteroatoms. The first-order valence-corrected chi connectivity index (χ1v) is 7.59.